The van der Waals surface area contributed by atoms with Crippen molar-refractivity contribution in [3.05, 3.63) is 35.5 Å². The van der Waals surface area contributed by atoms with Gasteiger partial charge in [0.1, 0.15) is 11.4 Å². The van der Waals surface area contributed by atoms with Crippen LogP contribution in [-0.2, 0) is 0 Å². The molecule has 0 amide bonds. The van der Waals surface area contributed by atoms with Crippen molar-refractivity contribution in [2.45, 2.75) is 33.6 Å². The molecular formula is C16H17N5O. The molecule has 4 heterocycles. The van der Waals surface area contributed by atoms with Crippen molar-refractivity contribution < 1.29 is 4.42 Å². The number of hydrogen-bond donors (Lipinski definition) is 1. The van der Waals surface area contributed by atoms with E-state index >= 15 is 0 Å². The fourth-order valence-electron chi connectivity index (χ4n) is 2.60. The second kappa shape index (κ2) is 4.43. The predicted molar refractivity (Wildman–Crippen MR) is 83.9 cm³/mol. The van der Waals surface area contributed by atoms with Crippen LogP contribution in [0.3, 0.4) is 0 Å². The molecule has 0 atom stereocenters. The highest BCUT2D eigenvalue weighted by atomic mass is 16.3. The number of nitrogens with zero attached hydrogens (tertiary/aromatic N) is 4. The van der Waals surface area contributed by atoms with Crippen LogP contribution >= 0.6 is 0 Å². The SMILES string of the molecule is Cc1cc2c(nc(-c3ccc(C)o3)n3nc(C(C)C)nc23)[nH]1. The molecule has 0 aliphatic carbocycles. The molecule has 0 aliphatic heterocycles. The summed E-state index contributed by atoms with van der Waals surface area (Å²) >= 11 is 0. The van der Waals surface area contributed by atoms with Crippen LogP contribution in [0.4, 0.5) is 0 Å². The molecule has 0 saturated heterocycles. The van der Waals surface area contributed by atoms with E-state index in [0.29, 0.717) is 11.6 Å². The summed E-state index contributed by atoms with van der Waals surface area (Å²) in [6.45, 7) is 8.09. The summed E-state index contributed by atoms with van der Waals surface area (Å²) < 4.78 is 7.52. The minimum absolute atomic E-state index is 0.251. The molecule has 6 nitrogen and oxygen atoms in total. The summed E-state index contributed by atoms with van der Waals surface area (Å²) in [6.07, 6.45) is 0. The summed E-state index contributed by atoms with van der Waals surface area (Å²) in [6, 6.07) is 5.89. The van der Waals surface area contributed by atoms with Crippen molar-refractivity contribution in [1.29, 1.82) is 0 Å². The number of aromatic nitrogens is 5. The first-order chi connectivity index (χ1) is 10.5. The van der Waals surface area contributed by atoms with Gasteiger partial charge in [0, 0.05) is 11.6 Å². The zero-order chi connectivity index (χ0) is 15.4. The quantitative estimate of drug-likeness (QED) is 0.613. The predicted octanol–water partition coefficient (Wildman–Crippen LogP) is 3.61. The Morgan fingerprint density at radius 3 is 2.68 bits per heavy atom. The van der Waals surface area contributed by atoms with Crippen LogP contribution < -0.4 is 0 Å². The van der Waals surface area contributed by atoms with Crippen molar-refractivity contribution in [1.82, 2.24) is 24.6 Å². The van der Waals surface area contributed by atoms with Gasteiger partial charge in [-0.25, -0.2) is 9.97 Å². The molecule has 22 heavy (non-hydrogen) atoms. The van der Waals surface area contributed by atoms with Gasteiger partial charge in [0.25, 0.3) is 0 Å². The van der Waals surface area contributed by atoms with Crippen LogP contribution in [0, 0.1) is 13.8 Å². The number of nitrogens with one attached hydrogen (secondary N) is 1. The van der Waals surface area contributed by atoms with E-state index in [2.05, 4.69) is 23.9 Å². The Bertz CT molecular complexity index is 989. The standard InChI is InChI=1S/C16H17N5O/c1-8(2)13-18-15-11-7-9(3)17-14(11)19-16(21(15)20-13)12-6-5-10(4)22-12/h5-8,17H,1-4H3. The molecule has 0 spiro atoms. The third-order valence-corrected chi connectivity index (χ3v) is 3.69. The Morgan fingerprint density at radius 1 is 1.18 bits per heavy atom. The first-order valence-corrected chi connectivity index (χ1v) is 7.35. The number of rotatable bonds is 2. The highest BCUT2D eigenvalue weighted by Crippen LogP contribution is 2.27. The summed E-state index contributed by atoms with van der Waals surface area (Å²) in [5.74, 6) is 3.25. The molecule has 112 valence electrons. The van der Waals surface area contributed by atoms with Gasteiger partial charge < -0.3 is 9.40 Å². The third kappa shape index (κ3) is 1.83. The Balaban J connectivity index is 2.12. The van der Waals surface area contributed by atoms with Gasteiger partial charge in [-0.15, -0.1) is 5.10 Å². The maximum absolute atomic E-state index is 5.74. The monoisotopic (exact) mass is 295 g/mol. The van der Waals surface area contributed by atoms with Crippen LogP contribution in [0.2, 0.25) is 0 Å². The second-order valence-electron chi connectivity index (χ2n) is 5.92. The molecule has 0 radical (unpaired) electrons. The minimum atomic E-state index is 0.251. The van der Waals surface area contributed by atoms with E-state index in [1.54, 1.807) is 4.52 Å². The normalized spacial score (nSPS) is 12.0. The summed E-state index contributed by atoms with van der Waals surface area (Å²) in [5, 5.41) is 5.60. The van der Waals surface area contributed by atoms with Crippen molar-refractivity contribution in [2.75, 3.05) is 0 Å². The van der Waals surface area contributed by atoms with Crippen molar-refractivity contribution in [3.8, 4) is 11.6 Å². The van der Waals surface area contributed by atoms with E-state index in [9.17, 15) is 0 Å². The molecule has 4 aromatic rings. The number of hydrogen-bond acceptors (Lipinski definition) is 4. The molecule has 1 N–H and O–H groups in total. The molecule has 0 aliphatic rings. The first-order valence-electron chi connectivity index (χ1n) is 7.35. The Labute approximate surface area is 127 Å². The topological polar surface area (TPSA) is 72.0 Å². The fourth-order valence-corrected chi connectivity index (χ4v) is 2.60. The van der Waals surface area contributed by atoms with Gasteiger partial charge in [0.05, 0.1) is 5.39 Å². The molecule has 0 unspecified atom stereocenters. The lowest BCUT2D eigenvalue weighted by molar-refractivity contribution is 0.541. The zero-order valence-corrected chi connectivity index (χ0v) is 13.0. The zero-order valence-electron chi connectivity index (χ0n) is 13.0. The van der Waals surface area contributed by atoms with E-state index in [4.69, 9.17) is 14.4 Å². The number of aromatic amines is 1. The molecule has 0 aromatic carbocycles. The van der Waals surface area contributed by atoms with Crippen LogP contribution in [0.5, 0.6) is 0 Å². The number of aryl methyl sites for hydroxylation is 2. The van der Waals surface area contributed by atoms with E-state index < -0.39 is 0 Å². The van der Waals surface area contributed by atoms with E-state index in [1.165, 1.54) is 0 Å². The first kappa shape index (κ1) is 13.1. The molecule has 6 heteroatoms. The lowest BCUT2D eigenvalue weighted by atomic mass is 10.2. The minimum Gasteiger partial charge on any atom is -0.458 e. The van der Waals surface area contributed by atoms with Gasteiger partial charge in [0.2, 0.25) is 5.82 Å². The van der Waals surface area contributed by atoms with Gasteiger partial charge in [-0.1, -0.05) is 13.8 Å². The largest absolute Gasteiger partial charge is 0.458 e. The van der Waals surface area contributed by atoms with E-state index in [0.717, 1.165) is 34.0 Å². The average Bonchev–Trinajstić information content (AvgIpc) is 3.13. The highest BCUT2D eigenvalue weighted by Gasteiger charge is 2.19. The Kier molecular flexibility index (Phi) is 2.63. The summed E-state index contributed by atoms with van der Waals surface area (Å²) in [7, 11) is 0. The highest BCUT2D eigenvalue weighted by molar-refractivity contribution is 5.91. The van der Waals surface area contributed by atoms with Crippen LogP contribution in [0.15, 0.2) is 22.6 Å². The number of H-pyrrole nitrogens is 1. The lowest BCUT2D eigenvalue weighted by Crippen LogP contribution is -1.99. The lowest BCUT2D eigenvalue weighted by Gasteiger charge is -2.01. The van der Waals surface area contributed by atoms with Crippen LogP contribution in [0.25, 0.3) is 28.3 Å². The summed E-state index contributed by atoms with van der Waals surface area (Å²) in [4.78, 5) is 12.7. The van der Waals surface area contributed by atoms with Gasteiger partial charge in [0.15, 0.2) is 17.2 Å². The van der Waals surface area contributed by atoms with Gasteiger partial charge in [-0.05, 0) is 32.0 Å². The average molecular weight is 295 g/mol. The maximum atomic E-state index is 5.74. The van der Waals surface area contributed by atoms with Crippen molar-refractivity contribution in [3.63, 3.8) is 0 Å². The number of fused-ring (bicyclic) bond motifs is 3. The Hall–Kier alpha value is -2.63. The van der Waals surface area contributed by atoms with Gasteiger partial charge in [-0.3, -0.25) is 0 Å². The maximum Gasteiger partial charge on any atom is 0.201 e. The number of furan rings is 1. The van der Waals surface area contributed by atoms with E-state index in [-0.39, 0.29) is 5.92 Å². The molecular weight excluding hydrogens is 278 g/mol. The molecule has 0 fully saturated rings. The van der Waals surface area contributed by atoms with E-state index in [1.807, 2.05) is 32.0 Å². The van der Waals surface area contributed by atoms with Gasteiger partial charge >= 0.3 is 0 Å². The molecule has 0 bridgehead atoms. The van der Waals surface area contributed by atoms with Crippen molar-refractivity contribution >= 4 is 16.7 Å². The molecule has 4 aromatic heterocycles. The Morgan fingerprint density at radius 2 is 2.00 bits per heavy atom. The smallest absolute Gasteiger partial charge is 0.201 e. The second-order valence-corrected chi connectivity index (χ2v) is 5.92. The van der Waals surface area contributed by atoms with Crippen LogP contribution in [0.1, 0.15) is 37.0 Å². The molecule has 0 saturated carbocycles. The van der Waals surface area contributed by atoms with Gasteiger partial charge in [-0.2, -0.15) is 4.52 Å². The van der Waals surface area contributed by atoms with Crippen molar-refractivity contribution in [2.24, 2.45) is 0 Å². The van der Waals surface area contributed by atoms with Crippen LogP contribution in [-0.4, -0.2) is 24.6 Å². The summed E-state index contributed by atoms with van der Waals surface area (Å²) in [5.41, 5.74) is 2.66. The fraction of sp³-hybridized carbons (Fsp3) is 0.312. The molecule has 4 rings (SSSR count). The third-order valence-electron chi connectivity index (χ3n) is 3.69.